The molecule has 0 bridgehead atoms. The van der Waals surface area contributed by atoms with Gasteiger partial charge in [-0.05, 0) is 49.8 Å². The Morgan fingerprint density at radius 3 is 2.71 bits per heavy atom. The van der Waals surface area contributed by atoms with Crippen molar-refractivity contribution in [1.82, 2.24) is 0 Å². The van der Waals surface area contributed by atoms with E-state index in [1.807, 2.05) is 26.0 Å². The molecular formula is C15H22O2. The number of phenols is 1. The molecule has 0 aliphatic heterocycles. The summed E-state index contributed by atoms with van der Waals surface area (Å²) in [5.41, 5.74) is 3.09. The Balaban J connectivity index is 2.61. The van der Waals surface area contributed by atoms with E-state index in [1.54, 1.807) is 6.07 Å². The zero-order chi connectivity index (χ0) is 12.8. The Kier molecular flexibility index (Phi) is 5.23. The van der Waals surface area contributed by atoms with Gasteiger partial charge in [0.1, 0.15) is 5.75 Å². The number of allylic oxidation sites excluding steroid dienone is 1. The molecule has 2 nitrogen and oxygen atoms in total. The van der Waals surface area contributed by atoms with Crippen molar-refractivity contribution in [2.75, 3.05) is 6.61 Å². The van der Waals surface area contributed by atoms with Crippen LogP contribution in [0, 0.1) is 6.92 Å². The molecular weight excluding hydrogens is 212 g/mol. The van der Waals surface area contributed by atoms with Crippen molar-refractivity contribution in [2.45, 2.75) is 39.5 Å². The molecule has 2 N–H and O–H groups in total. The Bertz CT molecular complexity index is 394. The molecule has 0 aliphatic rings. The highest BCUT2D eigenvalue weighted by Gasteiger charge is 2.09. The van der Waals surface area contributed by atoms with Crippen LogP contribution in [0.25, 0.3) is 0 Å². The van der Waals surface area contributed by atoms with E-state index in [9.17, 15) is 5.11 Å². The van der Waals surface area contributed by atoms with Crippen LogP contribution in [-0.4, -0.2) is 16.8 Å². The maximum atomic E-state index is 9.86. The maximum absolute atomic E-state index is 9.86. The second kappa shape index (κ2) is 6.45. The van der Waals surface area contributed by atoms with Gasteiger partial charge in [-0.15, -0.1) is 0 Å². The average Bonchev–Trinajstić information content (AvgIpc) is 2.28. The molecule has 94 valence electrons. The third-order valence-corrected chi connectivity index (χ3v) is 3.06. The van der Waals surface area contributed by atoms with Gasteiger partial charge < -0.3 is 10.2 Å². The molecule has 1 aromatic rings. The van der Waals surface area contributed by atoms with Gasteiger partial charge in [0, 0.05) is 0 Å². The van der Waals surface area contributed by atoms with Gasteiger partial charge >= 0.3 is 0 Å². The van der Waals surface area contributed by atoms with E-state index >= 15 is 0 Å². The quantitative estimate of drug-likeness (QED) is 0.765. The Labute approximate surface area is 104 Å². The summed E-state index contributed by atoms with van der Waals surface area (Å²) in [5, 5.41) is 18.7. The molecule has 0 saturated heterocycles. The normalized spacial score (nSPS) is 13.8. The molecule has 1 unspecified atom stereocenters. The van der Waals surface area contributed by atoms with Crippen molar-refractivity contribution in [1.29, 1.82) is 0 Å². The van der Waals surface area contributed by atoms with Crippen molar-refractivity contribution in [3.8, 4) is 5.75 Å². The number of phenolic OH excluding ortho intramolecular Hbond substituents is 1. The van der Waals surface area contributed by atoms with E-state index in [0.717, 1.165) is 29.5 Å². The summed E-state index contributed by atoms with van der Waals surface area (Å²) in [6.45, 7) is 6.15. The predicted molar refractivity (Wildman–Crippen MR) is 71.3 cm³/mol. The first kappa shape index (κ1) is 13.8. The summed E-state index contributed by atoms with van der Waals surface area (Å²) in [7, 11) is 0. The van der Waals surface area contributed by atoms with Gasteiger partial charge in [0.2, 0.25) is 0 Å². The van der Waals surface area contributed by atoms with Gasteiger partial charge in [-0.3, -0.25) is 0 Å². The molecule has 0 heterocycles. The van der Waals surface area contributed by atoms with E-state index in [4.69, 9.17) is 5.11 Å². The Hall–Kier alpha value is -1.28. The van der Waals surface area contributed by atoms with Gasteiger partial charge in [-0.2, -0.15) is 0 Å². The van der Waals surface area contributed by atoms with Crippen LogP contribution in [0.5, 0.6) is 5.75 Å². The lowest BCUT2D eigenvalue weighted by Crippen LogP contribution is -1.94. The molecule has 0 aliphatic carbocycles. The third kappa shape index (κ3) is 4.23. The van der Waals surface area contributed by atoms with Gasteiger partial charge in [-0.1, -0.05) is 30.7 Å². The van der Waals surface area contributed by atoms with Crippen molar-refractivity contribution in [3.63, 3.8) is 0 Å². The van der Waals surface area contributed by atoms with Gasteiger partial charge in [0.15, 0.2) is 0 Å². The van der Waals surface area contributed by atoms with Gasteiger partial charge in [-0.25, -0.2) is 0 Å². The number of benzene rings is 1. The minimum Gasteiger partial charge on any atom is -0.508 e. The molecule has 1 atom stereocenters. The van der Waals surface area contributed by atoms with E-state index in [2.05, 4.69) is 13.0 Å². The predicted octanol–water partition coefficient (Wildman–Crippen LogP) is 3.52. The fourth-order valence-corrected chi connectivity index (χ4v) is 1.87. The van der Waals surface area contributed by atoms with Crippen molar-refractivity contribution in [2.24, 2.45) is 0 Å². The van der Waals surface area contributed by atoms with Gasteiger partial charge in [0.05, 0.1) is 6.61 Å². The number of aromatic hydroxyl groups is 1. The summed E-state index contributed by atoms with van der Waals surface area (Å²) in [5.74, 6) is 0.721. The number of hydrogen-bond donors (Lipinski definition) is 2. The number of rotatable bonds is 5. The molecule has 1 aromatic carbocycles. The molecule has 1 rings (SSSR count). The summed E-state index contributed by atoms with van der Waals surface area (Å²) in [6, 6.07) is 5.83. The smallest absolute Gasteiger partial charge is 0.119 e. The van der Waals surface area contributed by atoms with Crippen LogP contribution in [0.2, 0.25) is 0 Å². The van der Waals surface area contributed by atoms with E-state index < -0.39 is 0 Å². The lowest BCUT2D eigenvalue weighted by atomic mass is 9.94. The first-order valence-corrected chi connectivity index (χ1v) is 6.10. The third-order valence-electron chi connectivity index (χ3n) is 3.06. The van der Waals surface area contributed by atoms with Crippen molar-refractivity contribution >= 4 is 0 Å². The van der Waals surface area contributed by atoms with Crippen LogP contribution in [0.3, 0.4) is 0 Å². The van der Waals surface area contributed by atoms with E-state index in [-0.39, 0.29) is 6.61 Å². The van der Waals surface area contributed by atoms with Crippen LogP contribution in [0.4, 0.5) is 0 Å². The summed E-state index contributed by atoms with van der Waals surface area (Å²) in [4.78, 5) is 0. The number of hydrogen-bond acceptors (Lipinski definition) is 2. The van der Waals surface area contributed by atoms with Crippen molar-refractivity contribution in [3.05, 3.63) is 41.0 Å². The van der Waals surface area contributed by atoms with Crippen LogP contribution in [0.15, 0.2) is 29.8 Å². The largest absolute Gasteiger partial charge is 0.508 e. The first-order valence-electron chi connectivity index (χ1n) is 6.10. The maximum Gasteiger partial charge on any atom is 0.119 e. The fraction of sp³-hybridized carbons (Fsp3) is 0.467. The molecule has 0 aromatic heterocycles. The molecule has 2 heteroatoms. The number of aliphatic hydroxyl groups is 1. The lowest BCUT2D eigenvalue weighted by Gasteiger charge is -2.13. The molecule has 0 saturated carbocycles. The highest BCUT2D eigenvalue weighted by Crippen LogP contribution is 2.29. The van der Waals surface area contributed by atoms with Gasteiger partial charge in [0.25, 0.3) is 0 Å². The topological polar surface area (TPSA) is 40.5 Å². The molecule has 17 heavy (non-hydrogen) atoms. The minimum absolute atomic E-state index is 0.129. The Morgan fingerprint density at radius 2 is 2.12 bits per heavy atom. The number of aryl methyl sites for hydroxylation is 1. The Morgan fingerprint density at radius 1 is 1.41 bits per heavy atom. The van der Waals surface area contributed by atoms with Crippen LogP contribution in [-0.2, 0) is 0 Å². The average molecular weight is 234 g/mol. The van der Waals surface area contributed by atoms with Crippen LogP contribution < -0.4 is 0 Å². The fourth-order valence-electron chi connectivity index (χ4n) is 1.87. The van der Waals surface area contributed by atoms with Crippen LogP contribution in [0.1, 0.15) is 43.7 Å². The molecule has 0 spiro atoms. The monoisotopic (exact) mass is 234 g/mol. The van der Waals surface area contributed by atoms with Crippen molar-refractivity contribution < 1.29 is 10.2 Å². The van der Waals surface area contributed by atoms with Crippen LogP contribution >= 0.6 is 0 Å². The minimum atomic E-state index is 0.129. The highest BCUT2D eigenvalue weighted by molar-refractivity contribution is 5.38. The zero-order valence-electron chi connectivity index (χ0n) is 10.9. The first-order chi connectivity index (χ1) is 8.04. The molecule has 0 radical (unpaired) electrons. The summed E-state index contributed by atoms with van der Waals surface area (Å²) >= 11 is 0. The second-order valence-electron chi connectivity index (χ2n) is 4.75. The second-order valence-corrected chi connectivity index (χ2v) is 4.75. The summed E-state index contributed by atoms with van der Waals surface area (Å²) in [6.07, 6.45) is 3.97. The van der Waals surface area contributed by atoms with E-state index in [1.165, 1.54) is 0 Å². The van der Waals surface area contributed by atoms with E-state index in [0.29, 0.717) is 11.7 Å². The highest BCUT2D eigenvalue weighted by atomic mass is 16.3. The molecule has 0 fully saturated rings. The zero-order valence-corrected chi connectivity index (χ0v) is 10.9. The standard InChI is InChI=1S/C15H22O2/c1-11-7-8-14(15(17)9-11)13(3)6-4-5-12(2)10-16/h5,7-9,13,16-17H,4,6,10H2,1-3H3/b12-5+. The summed E-state index contributed by atoms with van der Waals surface area (Å²) < 4.78 is 0. The molecule has 0 amide bonds. The number of aliphatic hydroxyl groups excluding tert-OH is 1. The lowest BCUT2D eigenvalue weighted by molar-refractivity contribution is 0.331. The SMILES string of the molecule is C/C(=C\CCC(C)c1ccc(C)cc1O)CO.